The molecular formula is C17H14F3NO3. The van der Waals surface area contributed by atoms with Gasteiger partial charge in [0.05, 0.1) is 18.2 Å². The number of carbonyl (C=O) groups excluding carboxylic acids is 1. The van der Waals surface area contributed by atoms with Gasteiger partial charge in [0.1, 0.15) is 0 Å². The van der Waals surface area contributed by atoms with Gasteiger partial charge in [-0.1, -0.05) is 12.1 Å². The molecule has 7 heteroatoms. The van der Waals surface area contributed by atoms with E-state index in [-0.39, 0.29) is 16.7 Å². The zero-order valence-corrected chi connectivity index (χ0v) is 12.8. The second-order valence-corrected chi connectivity index (χ2v) is 5.55. The number of halogens is 3. The van der Waals surface area contributed by atoms with Crippen molar-refractivity contribution in [1.82, 2.24) is 4.57 Å². The fourth-order valence-corrected chi connectivity index (χ4v) is 2.97. The van der Waals surface area contributed by atoms with Gasteiger partial charge < -0.3 is 9.30 Å². The normalized spacial score (nSPS) is 13.7. The van der Waals surface area contributed by atoms with Crippen LogP contribution < -0.4 is 5.56 Å². The van der Waals surface area contributed by atoms with Crippen molar-refractivity contribution in [3.8, 4) is 11.1 Å². The fraction of sp³-hybridized carbons (Fsp3) is 0.294. The Labute approximate surface area is 135 Å². The summed E-state index contributed by atoms with van der Waals surface area (Å²) in [5.41, 5.74) is -0.252. The minimum Gasteiger partial charge on any atom is -0.465 e. The first kappa shape index (κ1) is 16.3. The SMILES string of the molecule is COC(=O)c1cc(-c2cccc(C(F)(F)F)c2)c(=O)n2c1CCC2. The Balaban J connectivity index is 2.23. The van der Waals surface area contributed by atoms with Crippen LogP contribution in [0, 0.1) is 0 Å². The van der Waals surface area contributed by atoms with Gasteiger partial charge in [-0.15, -0.1) is 0 Å². The standard InChI is InChI=1S/C17H14F3NO3/c1-24-16(23)13-9-12(15(22)21-7-3-6-14(13)21)10-4-2-5-11(8-10)17(18,19)20/h2,4-5,8-9H,3,6-7H2,1H3. The average Bonchev–Trinajstić information content (AvgIpc) is 3.04. The Morgan fingerprint density at radius 2 is 2.00 bits per heavy atom. The molecule has 1 aliphatic rings. The molecule has 4 nitrogen and oxygen atoms in total. The number of benzene rings is 1. The van der Waals surface area contributed by atoms with Gasteiger partial charge in [-0.3, -0.25) is 4.79 Å². The van der Waals surface area contributed by atoms with Crippen LogP contribution >= 0.6 is 0 Å². The lowest BCUT2D eigenvalue weighted by Gasteiger charge is -2.13. The predicted octanol–water partition coefficient (Wildman–Crippen LogP) is 3.27. The van der Waals surface area contributed by atoms with E-state index in [1.807, 2.05) is 0 Å². The van der Waals surface area contributed by atoms with Gasteiger partial charge in [-0.2, -0.15) is 13.2 Å². The summed E-state index contributed by atoms with van der Waals surface area (Å²) >= 11 is 0. The van der Waals surface area contributed by atoms with Crippen LogP contribution in [0.5, 0.6) is 0 Å². The lowest BCUT2D eigenvalue weighted by atomic mass is 10.0. The van der Waals surface area contributed by atoms with Crippen molar-refractivity contribution in [2.24, 2.45) is 0 Å². The van der Waals surface area contributed by atoms with Gasteiger partial charge in [0.2, 0.25) is 0 Å². The second kappa shape index (κ2) is 5.81. The highest BCUT2D eigenvalue weighted by molar-refractivity contribution is 5.92. The highest BCUT2D eigenvalue weighted by atomic mass is 19.4. The molecule has 0 fully saturated rings. The summed E-state index contributed by atoms with van der Waals surface area (Å²) in [6.45, 7) is 0.435. The third-order valence-electron chi connectivity index (χ3n) is 4.10. The quantitative estimate of drug-likeness (QED) is 0.790. The smallest absolute Gasteiger partial charge is 0.416 e. The zero-order chi connectivity index (χ0) is 17.5. The Morgan fingerprint density at radius 3 is 2.67 bits per heavy atom. The summed E-state index contributed by atoms with van der Waals surface area (Å²) in [6.07, 6.45) is -3.25. The topological polar surface area (TPSA) is 48.3 Å². The summed E-state index contributed by atoms with van der Waals surface area (Å²) < 4.78 is 44.9. The van der Waals surface area contributed by atoms with E-state index in [0.29, 0.717) is 25.1 Å². The van der Waals surface area contributed by atoms with Crippen LogP contribution in [0.3, 0.4) is 0 Å². The number of aromatic nitrogens is 1. The van der Waals surface area contributed by atoms with Gasteiger partial charge in [0.25, 0.3) is 5.56 Å². The van der Waals surface area contributed by atoms with Crippen LogP contribution in [0.15, 0.2) is 35.1 Å². The van der Waals surface area contributed by atoms with Crippen LogP contribution in [-0.4, -0.2) is 17.6 Å². The minimum atomic E-state index is -4.51. The van der Waals surface area contributed by atoms with Gasteiger partial charge in [0.15, 0.2) is 0 Å². The molecule has 1 aliphatic heterocycles. The van der Waals surface area contributed by atoms with Gasteiger partial charge in [-0.25, -0.2) is 4.79 Å². The molecule has 3 rings (SSSR count). The molecule has 2 aromatic rings. The van der Waals surface area contributed by atoms with Crippen molar-refractivity contribution in [3.63, 3.8) is 0 Å². The number of methoxy groups -OCH3 is 1. The maximum atomic E-state index is 12.9. The molecule has 0 saturated carbocycles. The molecule has 1 aromatic carbocycles. The van der Waals surface area contributed by atoms with Crippen LogP contribution in [0.1, 0.15) is 28.0 Å². The number of carbonyl (C=O) groups is 1. The van der Waals surface area contributed by atoms with Crippen molar-refractivity contribution >= 4 is 5.97 Å². The molecule has 0 spiro atoms. The third-order valence-corrected chi connectivity index (χ3v) is 4.10. The molecular weight excluding hydrogens is 323 g/mol. The predicted molar refractivity (Wildman–Crippen MR) is 80.8 cm³/mol. The first-order valence-electron chi connectivity index (χ1n) is 7.35. The van der Waals surface area contributed by atoms with E-state index in [1.165, 1.54) is 29.9 Å². The molecule has 2 heterocycles. The molecule has 0 radical (unpaired) electrons. The van der Waals surface area contributed by atoms with E-state index in [0.717, 1.165) is 12.1 Å². The third kappa shape index (κ3) is 2.70. The van der Waals surface area contributed by atoms with Gasteiger partial charge in [-0.05, 0) is 36.6 Å². The number of nitrogens with zero attached hydrogens (tertiary/aromatic N) is 1. The fourth-order valence-electron chi connectivity index (χ4n) is 2.97. The number of alkyl halides is 3. The number of pyridine rings is 1. The van der Waals surface area contributed by atoms with E-state index in [4.69, 9.17) is 4.74 Å². The Hall–Kier alpha value is -2.57. The summed E-state index contributed by atoms with van der Waals surface area (Å²) in [5.74, 6) is -0.603. The number of hydrogen-bond acceptors (Lipinski definition) is 3. The second-order valence-electron chi connectivity index (χ2n) is 5.55. The highest BCUT2D eigenvalue weighted by Gasteiger charge is 2.31. The molecule has 0 saturated heterocycles. The highest BCUT2D eigenvalue weighted by Crippen LogP contribution is 2.32. The van der Waals surface area contributed by atoms with E-state index in [1.54, 1.807) is 0 Å². The molecule has 24 heavy (non-hydrogen) atoms. The molecule has 0 bridgehead atoms. The van der Waals surface area contributed by atoms with E-state index >= 15 is 0 Å². The van der Waals surface area contributed by atoms with E-state index in [9.17, 15) is 22.8 Å². The number of ether oxygens (including phenoxy) is 1. The maximum absolute atomic E-state index is 12.9. The minimum absolute atomic E-state index is 0.0622. The van der Waals surface area contributed by atoms with Crippen molar-refractivity contribution in [2.45, 2.75) is 25.6 Å². The summed E-state index contributed by atoms with van der Waals surface area (Å²) in [6, 6.07) is 5.86. The van der Waals surface area contributed by atoms with Crippen molar-refractivity contribution in [1.29, 1.82) is 0 Å². The van der Waals surface area contributed by atoms with Crippen molar-refractivity contribution in [3.05, 3.63) is 57.5 Å². The maximum Gasteiger partial charge on any atom is 0.416 e. The summed E-state index contributed by atoms with van der Waals surface area (Å²) in [7, 11) is 1.23. The summed E-state index contributed by atoms with van der Waals surface area (Å²) in [4.78, 5) is 24.6. The molecule has 0 atom stereocenters. The van der Waals surface area contributed by atoms with Gasteiger partial charge in [0, 0.05) is 17.8 Å². The first-order chi connectivity index (χ1) is 11.3. The van der Waals surface area contributed by atoms with Crippen LogP contribution in [0.4, 0.5) is 13.2 Å². The van der Waals surface area contributed by atoms with Crippen LogP contribution in [-0.2, 0) is 23.9 Å². The molecule has 0 N–H and O–H groups in total. The van der Waals surface area contributed by atoms with E-state index < -0.39 is 23.3 Å². The van der Waals surface area contributed by atoms with Crippen molar-refractivity contribution < 1.29 is 22.7 Å². The molecule has 1 aromatic heterocycles. The monoisotopic (exact) mass is 337 g/mol. The Kier molecular flexibility index (Phi) is 3.95. The number of hydrogen-bond donors (Lipinski definition) is 0. The average molecular weight is 337 g/mol. The Morgan fingerprint density at radius 1 is 1.25 bits per heavy atom. The number of fused-ring (bicyclic) bond motifs is 1. The van der Waals surface area contributed by atoms with Gasteiger partial charge >= 0.3 is 12.1 Å². The molecule has 0 unspecified atom stereocenters. The Bertz CT molecular complexity index is 868. The lowest BCUT2D eigenvalue weighted by Crippen LogP contribution is -2.24. The van der Waals surface area contributed by atoms with Crippen LogP contribution in [0.25, 0.3) is 11.1 Å². The summed E-state index contributed by atoms with van der Waals surface area (Å²) in [5, 5.41) is 0. The lowest BCUT2D eigenvalue weighted by molar-refractivity contribution is -0.137. The number of rotatable bonds is 2. The zero-order valence-electron chi connectivity index (χ0n) is 12.8. The number of esters is 1. The van der Waals surface area contributed by atoms with Crippen molar-refractivity contribution in [2.75, 3.05) is 7.11 Å². The van der Waals surface area contributed by atoms with Crippen LogP contribution in [0.2, 0.25) is 0 Å². The first-order valence-corrected chi connectivity index (χ1v) is 7.35. The molecule has 0 amide bonds. The molecule has 0 aliphatic carbocycles. The molecule has 126 valence electrons. The van der Waals surface area contributed by atoms with E-state index in [2.05, 4.69) is 0 Å². The largest absolute Gasteiger partial charge is 0.465 e.